The van der Waals surface area contributed by atoms with E-state index < -0.39 is 46.0 Å². The highest BCUT2D eigenvalue weighted by atomic mass is 35.5. The lowest BCUT2D eigenvalue weighted by Gasteiger charge is -2.18. The molecule has 0 radical (unpaired) electrons. The second-order valence-corrected chi connectivity index (χ2v) is 12.8. The van der Waals surface area contributed by atoms with Crippen LogP contribution in [0, 0.1) is 5.82 Å². The molecule has 4 rings (SSSR count). The predicted octanol–water partition coefficient (Wildman–Crippen LogP) is 3.22. The van der Waals surface area contributed by atoms with Crippen LogP contribution in [0.4, 0.5) is 10.1 Å². The number of nitrogens with one attached hydrogen (secondary N) is 1. The van der Waals surface area contributed by atoms with Crippen LogP contribution in [0.1, 0.15) is 36.9 Å². The fourth-order valence-corrected chi connectivity index (χ4v) is 6.66. The van der Waals surface area contributed by atoms with E-state index in [-0.39, 0.29) is 23.4 Å². The zero-order valence-electron chi connectivity index (χ0n) is 18.8. The maximum absolute atomic E-state index is 13.6. The normalized spacial score (nSPS) is 23.0. The van der Waals surface area contributed by atoms with Gasteiger partial charge in [-0.25, -0.2) is 13.9 Å². The maximum Gasteiger partial charge on any atom is 0.340 e. The molecule has 12 nitrogen and oxygen atoms in total. The fourth-order valence-electron chi connectivity index (χ4n) is 3.90. The van der Waals surface area contributed by atoms with Gasteiger partial charge in [0.25, 0.3) is 0 Å². The number of hydrogen-bond donors (Lipinski definition) is 5. The third kappa shape index (κ3) is 6.49. The number of hydrogen-bond acceptors (Lipinski definition) is 8. The van der Waals surface area contributed by atoms with Gasteiger partial charge < -0.3 is 34.4 Å². The number of rotatable bonds is 9. The summed E-state index contributed by atoms with van der Waals surface area (Å²) in [6, 6.07) is 7.48. The quantitative estimate of drug-likeness (QED) is 0.241. The van der Waals surface area contributed by atoms with Gasteiger partial charge in [0.15, 0.2) is 16.9 Å². The molecule has 0 amide bonds. The Kier molecular flexibility index (Phi) is 7.87. The van der Waals surface area contributed by atoms with E-state index in [1.165, 1.54) is 22.8 Å². The number of anilines is 1. The van der Waals surface area contributed by atoms with Gasteiger partial charge in [0.1, 0.15) is 23.5 Å². The van der Waals surface area contributed by atoms with Gasteiger partial charge >= 0.3 is 15.2 Å². The van der Waals surface area contributed by atoms with Crippen LogP contribution in [-0.2, 0) is 18.4 Å². The van der Waals surface area contributed by atoms with Crippen LogP contribution in [0.3, 0.4) is 0 Å². The largest absolute Gasteiger partial charge is 0.390 e. The molecule has 196 valence electrons. The summed E-state index contributed by atoms with van der Waals surface area (Å²) in [6.45, 7) is 1.28. The predicted molar refractivity (Wildman–Crippen MR) is 127 cm³/mol. The van der Waals surface area contributed by atoms with Crippen molar-refractivity contribution in [3.63, 3.8) is 0 Å². The first-order valence-corrected chi connectivity index (χ1v) is 14.7. The second-order valence-electron chi connectivity index (χ2n) is 8.42. The summed E-state index contributed by atoms with van der Waals surface area (Å²) in [6.07, 6.45) is -1.36. The van der Waals surface area contributed by atoms with Crippen LogP contribution in [0.5, 0.6) is 0 Å². The first-order chi connectivity index (χ1) is 16.8. The minimum absolute atomic E-state index is 0.0536. The Bertz CT molecular complexity index is 1350. The van der Waals surface area contributed by atoms with E-state index in [0.29, 0.717) is 22.6 Å². The molecule has 16 heteroatoms. The summed E-state index contributed by atoms with van der Waals surface area (Å²) in [5.74, 6) is -1.40. The van der Waals surface area contributed by atoms with E-state index in [9.17, 15) is 23.5 Å². The Balaban J connectivity index is 1.51. The van der Waals surface area contributed by atoms with Gasteiger partial charge in [-0.05, 0) is 24.6 Å². The molecule has 1 fully saturated rings. The topological polar surface area (TPSA) is 176 Å². The molecule has 3 aromatic rings. The molecular formula is C20H24ClFN4O8P2. The highest BCUT2D eigenvalue weighted by molar-refractivity contribution is 7.70. The molecule has 0 aliphatic carbocycles. The second kappa shape index (κ2) is 10.4. The van der Waals surface area contributed by atoms with Crippen molar-refractivity contribution in [1.82, 2.24) is 14.6 Å². The van der Waals surface area contributed by atoms with Crippen LogP contribution in [0.2, 0.25) is 5.15 Å². The standard InChI is InChI=1S/C20H24ClFN4O8P2/c1-11(12-3-2-4-13(22)5-12)24-14-6-19(21)25-26-15(14)8-23-20(26)17-7-16(27)18(34-17)9-33-36(31,32)10-35(28,29)30/h2-6,8,11,16-18,24,27H,7,9-10H2,1H3,(H,31,32)(H2,28,29,30)/t11-,16-,17+,18+/m0/s1. The van der Waals surface area contributed by atoms with Gasteiger partial charge in [0.05, 0.1) is 24.6 Å². The Hall–Kier alpha value is -1.92. The Morgan fingerprint density at radius 2 is 2.08 bits per heavy atom. The van der Waals surface area contributed by atoms with Crippen molar-refractivity contribution in [2.45, 2.75) is 37.7 Å². The van der Waals surface area contributed by atoms with E-state index >= 15 is 0 Å². The van der Waals surface area contributed by atoms with E-state index in [4.69, 9.17) is 30.6 Å². The SMILES string of the molecule is C[C@H](Nc1cc(Cl)nn2c([C@H]3C[C@H](O)[C@@H](COP(=O)(O)CP(=O)(O)O)O3)ncc12)c1cccc(F)c1. The average molecular weight is 565 g/mol. The van der Waals surface area contributed by atoms with Crippen LogP contribution in [0.25, 0.3) is 5.52 Å². The average Bonchev–Trinajstić information content (AvgIpc) is 3.33. The molecule has 0 saturated carbocycles. The molecule has 1 aliphatic rings. The minimum Gasteiger partial charge on any atom is -0.390 e. The molecule has 36 heavy (non-hydrogen) atoms. The van der Waals surface area contributed by atoms with E-state index in [2.05, 4.69) is 15.4 Å². The number of nitrogens with zero attached hydrogens (tertiary/aromatic N) is 3. The summed E-state index contributed by atoms with van der Waals surface area (Å²) >= 11 is 6.23. The summed E-state index contributed by atoms with van der Waals surface area (Å²) in [4.78, 5) is 31.8. The van der Waals surface area contributed by atoms with E-state index in [1.54, 1.807) is 18.2 Å². The monoisotopic (exact) mass is 564 g/mol. The van der Waals surface area contributed by atoms with Crippen molar-refractivity contribution in [3.05, 3.63) is 58.9 Å². The van der Waals surface area contributed by atoms with E-state index in [0.717, 1.165) is 0 Å². The fraction of sp³-hybridized carbons (Fsp3) is 0.400. The first-order valence-electron chi connectivity index (χ1n) is 10.7. The Morgan fingerprint density at radius 1 is 1.33 bits per heavy atom. The number of halogens is 2. The summed E-state index contributed by atoms with van der Waals surface area (Å²) < 4.78 is 48.5. The highest BCUT2D eigenvalue weighted by Gasteiger charge is 2.40. The van der Waals surface area contributed by atoms with E-state index in [1.807, 2.05) is 6.92 Å². The number of fused-ring (bicyclic) bond motifs is 1. The molecule has 0 spiro atoms. The molecule has 5 N–H and O–H groups in total. The highest BCUT2D eigenvalue weighted by Crippen LogP contribution is 2.55. The molecule has 2 aromatic heterocycles. The molecule has 3 heterocycles. The molecular weight excluding hydrogens is 541 g/mol. The number of ether oxygens (including phenoxy) is 1. The lowest BCUT2D eigenvalue weighted by Crippen LogP contribution is -2.26. The van der Waals surface area contributed by atoms with Crippen LogP contribution in [-0.4, -0.2) is 59.1 Å². The van der Waals surface area contributed by atoms with Crippen molar-refractivity contribution in [1.29, 1.82) is 0 Å². The third-order valence-corrected chi connectivity index (χ3v) is 9.18. The molecule has 0 bridgehead atoms. The number of aliphatic hydroxyl groups is 1. The van der Waals surface area contributed by atoms with Gasteiger partial charge in [-0.15, -0.1) is 0 Å². The summed E-state index contributed by atoms with van der Waals surface area (Å²) in [7, 11) is -9.39. The van der Waals surface area contributed by atoms with Gasteiger partial charge in [0, 0.05) is 18.5 Å². The van der Waals surface area contributed by atoms with Crippen molar-refractivity contribution >= 4 is 38.0 Å². The van der Waals surface area contributed by atoms with Crippen molar-refractivity contribution in [2.24, 2.45) is 0 Å². The van der Waals surface area contributed by atoms with Crippen LogP contribution >= 0.6 is 26.8 Å². The molecule has 1 saturated heterocycles. The molecule has 1 unspecified atom stereocenters. The van der Waals surface area contributed by atoms with Gasteiger partial charge in [-0.1, -0.05) is 23.7 Å². The lowest BCUT2D eigenvalue weighted by molar-refractivity contribution is -0.0209. The number of aromatic nitrogens is 3. The molecule has 5 atom stereocenters. The van der Waals surface area contributed by atoms with Crippen molar-refractivity contribution in [2.75, 3.05) is 17.8 Å². The van der Waals surface area contributed by atoms with Gasteiger partial charge in [-0.2, -0.15) is 5.10 Å². The van der Waals surface area contributed by atoms with Gasteiger partial charge in [0.2, 0.25) is 0 Å². The Labute approximate surface area is 209 Å². The third-order valence-electron chi connectivity index (χ3n) is 5.54. The number of benzene rings is 1. The van der Waals surface area contributed by atoms with Crippen molar-refractivity contribution < 1.29 is 42.6 Å². The zero-order chi connectivity index (χ0) is 26.3. The van der Waals surface area contributed by atoms with Crippen LogP contribution < -0.4 is 5.32 Å². The van der Waals surface area contributed by atoms with Gasteiger partial charge in [-0.3, -0.25) is 9.13 Å². The maximum atomic E-state index is 13.6. The first kappa shape index (κ1) is 27.1. The smallest absolute Gasteiger partial charge is 0.340 e. The zero-order valence-corrected chi connectivity index (χ0v) is 21.4. The molecule has 1 aliphatic heterocycles. The minimum atomic E-state index is -4.78. The number of aliphatic hydroxyl groups excluding tert-OH is 1. The van der Waals surface area contributed by atoms with Crippen molar-refractivity contribution in [3.8, 4) is 0 Å². The summed E-state index contributed by atoms with van der Waals surface area (Å²) in [5, 5.41) is 18.0. The summed E-state index contributed by atoms with van der Waals surface area (Å²) in [5.41, 5.74) is 1.82. The lowest BCUT2D eigenvalue weighted by atomic mass is 10.1. The Morgan fingerprint density at radius 3 is 2.78 bits per heavy atom. The molecule has 1 aromatic carbocycles. The van der Waals surface area contributed by atoms with Crippen LogP contribution in [0.15, 0.2) is 36.5 Å². The number of imidazole rings is 1.